The molecule has 2 aromatic carbocycles. The molecule has 0 spiro atoms. The second kappa shape index (κ2) is 6.62. The van der Waals surface area contributed by atoms with E-state index in [-0.39, 0.29) is 12.1 Å². The summed E-state index contributed by atoms with van der Waals surface area (Å²) in [6, 6.07) is 2.08. The largest absolute Gasteiger partial charge is 0.411 e. The lowest BCUT2D eigenvalue weighted by Gasteiger charge is -2.38. The highest BCUT2D eigenvalue weighted by atomic mass is 19.4. The molecule has 172 valence electrons. The van der Waals surface area contributed by atoms with Gasteiger partial charge in [0.25, 0.3) is 23.6 Å². The van der Waals surface area contributed by atoms with Gasteiger partial charge in [0.05, 0.1) is 22.3 Å². The molecule has 4 rings (SSSR count). The first-order chi connectivity index (χ1) is 15.1. The summed E-state index contributed by atoms with van der Waals surface area (Å²) in [6.45, 7) is 0. The molecule has 2 aliphatic heterocycles. The van der Waals surface area contributed by atoms with Crippen molar-refractivity contribution in [3.8, 4) is 0 Å². The highest BCUT2D eigenvalue weighted by Crippen LogP contribution is 2.57. The summed E-state index contributed by atoms with van der Waals surface area (Å²) < 4.78 is 85.8. The molecule has 0 fully saturated rings. The van der Waals surface area contributed by atoms with Gasteiger partial charge >= 0.3 is 12.4 Å². The van der Waals surface area contributed by atoms with Gasteiger partial charge in [-0.1, -0.05) is 12.1 Å². The van der Waals surface area contributed by atoms with E-state index < -0.39 is 84.9 Å². The van der Waals surface area contributed by atoms with Crippen LogP contribution < -0.4 is 0 Å². The molecular weight excluding hydrogens is 466 g/mol. The fraction of sp³-hybridized carbons (Fsp3) is 0.158. The van der Waals surface area contributed by atoms with Gasteiger partial charge in [-0.25, -0.2) is 0 Å². The van der Waals surface area contributed by atoms with Gasteiger partial charge in [-0.2, -0.15) is 26.3 Å². The number of carbonyl (C=O) groups is 4. The molecule has 0 aliphatic carbocycles. The van der Waals surface area contributed by atoms with Crippen molar-refractivity contribution in [1.82, 2.24) is 10.1 Å². The highest BCUT2D eigenvalue weighted by molar-refractivity contribution is 6.21. The molecule has 0 unspecified atom stereocenters. The number of amides is 4. The second-order valence-electron chi connectivity index (χ2n) is 7.11. The average molecular weight is 474 g/mol. The molecule has 33 heavy (non-hydrogen) atoms. The Hall–Kier alpha value is -3.78. The summed E-state index contributed by atoms with van der Waals surface area (Å²) in [5, 5.41) is 17.9. The minimum atomic E-state index is -6.11. The monoisotopic (exact) mass is 474 g/mol. The van der Waals surface area contributed by atoms with Gasteiger partial charge in [-0.05, 0) is 35.4 Å². The number of fused-ring (bicyclic) bond motifs is 2. The van der Waals surface area contributed by atoms with E-state index >= 15 is 0 Å². The van der Waals surface area contributed by atoms with Crippen LogP contribution in [0.15, 0.2) is 36.4 Å². The van der Waals surface area contributed by atoms with Gasteiger partial charge in [0, 0.05) is 0 Å². The molecule has 2 aliphatic rings. The lowest BCUT2D eigenvalue weighted by molar-refractivity contribution is -0.288. The number of hydrogen-bond donors (Lipinski definition) is 2. The Labute approximate surface area is 178 Å². The van der Waals surface area contributed by atoms with Gasteiger partial charge in [0.15, 0.2) is 0 Å². The standard InChI is InChI=1S/C19H8F6N2O6/c20-18(21,22)17(19(23,24)25,7-1-3-9-11(5-7)15(30)26(32)13(9)28)8-2-4-10-12(6-8)16(31)27(33)14(10)29/h1-6,32-33H. The second-order valence-corrected chi connectivity index (χ2v) is 7.11. The van der Waals surface area contributed by atoms with Crippen molar-refractivity contribution < 1.29 is 55.9 Å². The van der Waals surface area contributed by atoms with Crippen LogP contribution >= 0.6 is 0 Å². The number of benzene rings is 2. The van der Waals surface area contributed by atoms with E-state index in [0.29, 0.717) is 24.3 Å². The lowest BCUT2D eigenvalue weighted by atomic mass is 9.71. The van der Waals surface area contributed by atoms with Crippen LogP contribution in [0.25, 0.3) is 0 Å². The van der Waals surface area contributed by atoms with E-state index in [1.807, 2.05) is 0 Å². The first-order valence-electron chi connectivity index (χ1n) is 8.72. The zero-order valence-corrected chi connectivity index (χ0v) is 15.7. The summed E-state index contributed by atoms with van der Waals surface area (Å²) in [7, 11) is 0. The first-order valence-corrected chi connectivity index (χ1v) is 8.72. The zero-order chi connectivity index (χ0) is 24.7. The third-order valence-corrected chi connectivity index (χ3v) is 5.45. The van der Waals surface area contributed by atoms with Gasteiger partial charge in [-0.3, -0.25) is 29.6 Å². The van der Waals surface area contributed by atoms with Crippen LogP contribution in [0.2, 0.25) is 0 Å². The molecule has 2 heterocycles. The maximum Gasteiger partial charge on any atom is 0.411 e. The predicted molar refractivity (Wildman–Crippen MR) is 90.3 cm³/mol. The maximum absolute atomic E-state index is 14.3. The smallest absolute Gasteiger partial charge is 0.278 e. The summed E-state index contributed by atoms with van der Waals surface area (Å²) in [6.07, 6.45) is -12.2. The van der Waals surface area contributed by atoms with Crippen LogP contribution in [0.3, 0.4) is 0 Å². The molecule has 4 amide bonds. The Bertz CT molecular complexity index is 1170. The van der Waals surface area contributed by atoms with Crippen LogP contribution in [0.5, 0.6) is 0 Å². The average Bonchev–Trinajstić information content (AvgIpc) is 3.06. The Balaban J connectivity index is 2.06. The van der Waals surface area contributed by atoms with E-state index in [4.69, 9.17) is 0 Å². The fourth-order valence-electron chi connectivity index (χ4n) is 3.90. The zero-order valence-electron chi connectivity index (χ0n) is 15.7. The molecule has 2 aromatic rings. The third-order valence-electron chi connectivity index (χ3n) is 5.45. The van der Waals surface area contributed by atoms with Crippen molar-refractivity contribution in [3.63, 3.8) is 0 Å². The molecule has 8 nitrogen and oxygen atoms in total. The van der Waals surface area contributed by atoms with E-state index in [9.17, 15) is 55.9 Å². The van der Waals surface area contributed by atoms with E-state index in [2.05, 4.69) is 0 Å². The van der Waals surface area contributed by atoms with Crippen molar-refractivity contribution in [2.24, 2.45) is 0 Å². The van der Waals surface area contributed by atoms with Gasteiger partial charge in [-0.15, -0.1) is 10.1 Å². The summed E-state index contributed by atoms with van der Waals surface area (Å²) in [5.74, 6) is -5.73. The molecule has 0 aromatic heterocycles. The van der Waals surface area contributed by atoms with E-state index in [0.717, 1.165) is 0 Å². The van der Waals surface area contributed by atoms with Crippen molar-refractivity contribution in [3.05, 3.63) is 69.8 Å². The van der Waals surface area contributed by atoms with Crippen LogP contribution in [-0.2, 0) is 5.41 Å². The van der Waals surface area contributed by atoms with Crippen LogP contribution in [-0.4, -0.2) is 56.5 Å². The number of alkyl halides is 6. The third kappa shape index (κ3) is 2.74. The van der Waals surface area contributed by atoms with E-state index in [1.54, 1.807) is 0 Å². The number of imide groups is 2. The Morgan fingerprint density at radius 1 is 0.545 bits per heavy atom. The molecule has 2 N–H and O–H groups in total. The Morgan fingerprint density at radius 3 is 1.15 bits per heavy atom. The molecule has 0 saturated carbocycles. The Morgan fingerprint density at radius 2 is 0.848 bits per heavy atom. The summed E-state index contributed by atoms with van der Waals surface area (Å²) in [5.41, 5.74) is -10.9. The fourth-order valence-corrected chi connectivity index (χ4v) is 3.90. The highest BCUT2D eigenvalue weighted by Gasteiger charge is 2.73. The minimum Gasteiger partial charge on any atom is -0.278 e. The number of hydrogen-bond acceptors (Lipinski definition) is 6. The lowest BCUT2D eigenvalue weighted by Crippen LogP contribution is -2.55. The maximum atomic E-state index is 14.3. The number of halogens is 6. The number of rotatable bonds is 2. The Kier molecular flexibility index (Phi) is 4.49. The molecule has 0 saturated heterocycles. The molecule has 0 radical (unpaired) electrons. The molecular formula is C19H8F6N2O6. The van der Waals surface area contributed by atoms with Gasteiger partial charge in [0.2, 0.25) is 5.41 Å². The molecule has 14 heteroatoms. The predicted octanol–water partition coefficient (Wildman–Crippen LogP) is 3.07. The van der Waals surface area contributed by atoms with Crippen LogP contribution in [0.4, 0.5) is 26.3 Å². The number of nitrogens with zero attached hydrogens (tertiary/aromatic N) is 2. The number of carbonyl (C=O) groups excluding carboxylic acids is 4. The van der Waals surface area contributed by atoms with Crippen LogP contribution in [0, 0.1) is 0 Å². The quantitative estimate of drug-likeness (QED) is 0.393. The summed E-state index contributed by atoms with van der Waals surface area (Å²) in [4.78, 5) is 47.5. The topological polar surface area (TPSA) is 115 Å². The summed E-state index contributed by atoms with van der Waals surface area (Å²) >= 11 is 0. The first kappa shape index (κ1) is 22.4. The molecule has 0 bridgehead atoms. The van der Waals surface area contributed by atoms with E-state index in [1.165, 1.54) is 0 Å². The van der Waals surface area contributed by atoms with Gasteiger partial charge in [0.1, 0.15) is 0 Å². The minimum absolute atomic E-state index is 0.186. The van der Waals surface area contributed by atoms with Gasteiger partial charge < -0.3 is 0 Å². The van der Waals surface area contributed by atoms with Crippen LogP contribution in [0.1, 0.15) is 52.6 Å². The van der Waals surface area contributed by atoms with Crippen molar-refractivity contribution >= 4 is 23.6 Å². The van der Waals surface area contributed by atoms with Crippen molar-refractivity contribution in [2.75, 3.05) is 0 Å². The van der Waals surface area contributed by atoms with Crippen molar-refractivity contribution in [2.45, 2.75) is 17.8 Å². The van der Waals surface area contributed by atoms with Crippen molar-refractivity contribution in [1.29, 1.82) is 0 Å². The SMILES string of the molecule is O=C1c2ccc(C(c3ccc4c(c3)C(=O)N(O)C4=O)(C(F)(F)F)C(F)(F)F)cc2C(=O)N1O. The molecule has 0 atom stereocenters. The number of hydroxylamine groups is 4. The normalized spacial score (nSPS) is 16.6.